The van der Waals surface area contributed by atoms with Crippen LogP contribution in [0, 0.1) is 5.92 Å². The van der Waals surface area contributed by atoms with Crippen molar-refractivity contribution in [1.82, 2.24) is 5.32 Å². The van der Waals surface area contributed by atoms with Crippen LogP contribution >= 0.6 is 23.2 Å². The zero-order valence-corrected chi connectivity index (χ0v) is 14.9. The van der Waals surface area contributed by atoms with Gasteiger partial charge in [0.15, 0.2) is 0 Å². The fourth-order valence-corrected chi connectivity index (χ4v) is 2.38. The maximum absolute atomic E-state index is 12.1. The molecule has 0 saturated carbocycles. The van der Waals surface area contributed by atoms with E-state index in [-0.39, 0.29) is 18.4 Å². The van der Waals surface area contributed by atoms with Crippen molar-refractivity contribution >= 4 is 41.2 Å². The SMILES string of the molecule is CCOC(=O)[C@@H](NC(=O)/C=C/c1ccc(Cl)cc1Cl)[C@@H](C)CC. The van der Waals surface area contributed by atoms with Crippen molar-refractivity contribution in [2.75, 3.05) is 6.61 Å². The molecule has 0 aliphatic rings. The van der Waals surface area contributed by atoms with Crippen molar-refractivity contribution in [3.63, 3.8) is 0 Å². The molecule has 23 heavy (non-hydrogen) atoms. The summed E-state index contributed by atoms with van der Waals surface area (Å²) >= 11 is 11.9. The molecule has 0 heterocycles. The van der Waals surface area contributed by atoms with E-state index in [9.17, 15) is 9.59 Å². The zero-order chi connectivity index (χ0) is 17.4. The van der Waals surface area contributed by atoms with Gasteiger partial charge in [-0.25, -0.2) is 4.79 Å². The van der Waals surface area contributed by atoms with Crippen LogP contribution in [0.15, 0.2) is 24.3 Å². The molecule has 0 aromatic heterocycles. The molecule has 1 N–H and O–H groups in total. The lowest BCUT2D eigenvalue weighted by Crippen LogP contribution is -2.45. The van der Waals surface area contributed by atoms with Crippen LogP contribution in [0.3, 0.4) is 0 Å². The van der Waals surface area contributed by atoms with E-state index in [0.717, 1.165) is 6.42 Å². The number of hydrogen-bond acceptors (Lipinski definition) is 3. The average molecular weight is 358 g/mol. The predicted molar refractivity (Wildman–Crippen MR) is 93.5 cm³/mol. The lowest BCUT2D eigenvalue weighted by Gasteiger charge is -2.21. The lowest BCUT2D eigenvalue weighted by atomic mass is 9.99. The third-order valence-corrected chi connectivity index (χ3v) is 3.99. The van der Waals surface area contributed by atoms with E-state index in [1.807, 2.05) is 13.8 Å². The summed E-state index contributed by atoms with van der Waals surface area (Å²) in [5.41, 5.74) is 0.669. The molecule has 0 spiro atoms. The van der Waals surface area contributed by atoms with Gasteiger partial charge in [-0.15, -0.1) is 0 Å². The van der Waals surface area contributed by atoms with Crippen molar-refractivity contribution in [1.29, 1.82) is 0 Å². The summed E-state index contributed by atoms with van der Waals surface area (Å²) in [6, 6.07) is 4.33. The van der Waals surface area contributed by atoms with Gasteiger partial charge in [-0.3, -0.25) is 4.79 Å². The Morgan fingerprint density at radius 1 is 1.30 bits per heavy atom. The van der Waals surface area contributed by atoms with Gasteiger partial charge in [-0.2, -0.15) is 0 Å². The molecule has 0 unspecified atom stereocenters. The minimum atomic E-state index is -0.669. The number of rotatable bonds is 7. The smallest absolute Gasteiger partial charge is 0.328 e. The Balaban J connectivity index is 2.78. The summed E-state index contributed by atoms with van der Waals surface area (Å²) in [6.45, 7) is 5.85. The van der Waals surface area contributed by atoms with Crippen molar-refractivity contribution in [3.8, 4) is 0 Å². The van der Waals surface area contributed by atoms with Gasteiger partial charge in [0.2, 0.25) is 5.91 Å². The summed E-state index contributed by atoms with van der Waals surface area (Å²) in [4.78, 5) is 24.0. The lowest BCUT2D eigenvalue weighted by molar-refractivity contribution is -0.148. The number of hydrogen-bond donors (Lipinski definition) is 1. The average Bonchev–Trinajstić information content (AvgIpc) is 2.51. The number of carbonyl (C=O) groups excluding carboxylic acids is 2. The number of benzene rings is 1. The minimum Gasteiger partial charge on any atom is -0.464 e. The molecular formula is C17H21Cl2NO3. The van der Waals surface area contributed by atoms with Gasteiger partial charge in [-0.1, -0.05) is 49.5 Å². The van der Waals surface area contributed by atoms with Crippen LogP contribution in [0.4, 0.5) is 0 Å². The monoisotopic (exact) mass is 357 g/mol. The van der Waals surface area contributed by atoms with Crippen LogP contribution in [0.25, 0.3) is 6.08 Å². The van der Waals surface area contributed by atoms with E-state index in [2.05, 4.69) is 5.32 Å². The first-order valence-electron chi connectivity index (χ1n) is 7.49. The van der Waals surface area contributed by atoms with Gasteiger partial charge in [0, 0.05) is 16.1 Å². The van der Waals surface area contributed by atoms with Crippen molar-refractivity contribution in [2.24, 2.45) is 5.92 Å². The molecule has 0 saturated heterocycles. The molecule has 0 bridgehead atoms. The molecule has 0 aliphatic heterocycles. The van der Waals surface area contributed by atoms with E-state index >= 15 is 0 Å². The number of nitrogens with one attached hydrogen (secondary N) is 1. The number of carbonyl (C=O) groups is 2. The number of halogens is 2. The van der Waals surface area contributed by atoms with Gasteiger partial charge in [0.05, 0.1) is 6.61 Å². The zero-order valence-electron chi connectivity index (χ0n) is 13.4. The van der Waals surface area contributed by atoms with Crippen LogP contribution in [0.2, 0.25) is 10.0 Å². The summed E-state index contributed by atoms with van der Waals surface area (Å²) in [5.74, 6) is -0.826. The summed E-state index contributed by atoms with van der Waals surface area (Å²) in [7, 11) is 0. The van der Waals surface area contributed by atoms with Crippen LogP contribution in [0.1, 0.15) is 32.8 Å². The van der Waals surface area contributed by atoms with Crippen LogP contribution in [-0.2, 0) is 14.3 Å². The van der Waals surface area contributed by atoms with Crippen LogP contribution in [-0.4, -0.2) is 24.5 Å². The van der Waals surface area contributed by atoms with Crippen molar-refractivity contribution in [3.05, 3.63) is 39.9 Å². The molecule has 0 radical (unpaired) electrons. The van der Waals surface area contributed by atoms with Crippen LogP contribution < -0.4 is 5.32 Å². The highest BCUT2D eigenvalue weighted by atomic mass is 35.5. The molecule has 1 aromatic rings. The van der Waals surface area contributed by atoms with E-state index in [1.165, 1.54) is 6.08 Å². The third kappa shape index (κ3) is 6.24. The van der Waals surface area contributed by atoms with Gasteiger partial charge in [-0.05, 0) is 36.6 Å². The molecule has 2 atom stereocenters. The molecule has 126 valence electrons. The Hall–Kier alpha value is -1.52. The maximum atomic E-state index is 12.1. The molecule has 0 aliphatic carbocycles. The normalized spacial score (nSPS) is 13.6. The highest BCUT2D eigenvalue weighted by molar-refractivity contribution is 6.35. The van der Waals surface area contributed by atoms with E-state index in [4.69, 9.17) is 27.9 Å². The second-order valence-corrected chi connectivity index (χ2v) is 5.97. The van der Waals surface area contributed by atoms with E-state index < -0.39 is 12.0 Å². The van der Waals surface area contributed by atoms with Gasteiger partial charge in [0.1, 0.15) is 6.04 Å². The Morgan fingerprint density at radius 3 is 2.57 bits per heavy atom. The first-order valence-corrected chi connectivity index (χ1v) is 8.24. The predicted octanol–water partition coefficient (Wildman–Crippen LogP) is 4.10. The highest BCUT2D eigenvalue weighted by Gasteiger charge is 2.26. The van der Waals surface area contributed by atoms with Gasteiger partial charge >= 0.3 is 5.97 Å². The molecular weight excluding hydrogens is 337 g/mol. The summed E-state index contributed by atoms with van der Waals surface area (Å²) in [6.07, 6.45) is 3.66. The molecule has 1 aromatic carbocycles. The molecule has 4 nitrogen and oxygen atoms in total. The number of ether oxygens (including phenoxy) is 1. The maximum Gasteiger partial charge on any atom is 0.328 e. The second kappa shape index (κ2) is 9.58. The first-order chi connectivity index (χ1) is 10.9. The quantitative estimate of drug-likeness (QED) is 0.590. The van der Waals surface area contributed by atoms with Crippen molar-refractivity contribution < 1.29 is 14.3 Å². The van der Waals surface area contributed by atoms with E-state index in [0.29, 0.717) is 15.6 Å². The Bertz CT molecular complexity index is 587. The number of esters is 1. The van der Waals surface area contributed by atoms with Crippen LogP contribution in [0.5, 0.6) is 0 Å². The second-order valence-electron chi connectivity index (χ2n) is 5.12. The number of amides is 1. The molecule has 1 rings (SSSR count). The van der Waals surface area contributed by atoms with Gasteiger partial charge < -0.3 is 10.1 Å². The molecule has 1 amide bonds. The fraction of sp³-hybridized carbons (Fsp3) is 0.412. The van der Waals surface area contributed by atoms with E-state index in [1.54, 1.807) is 31.2 Å². The summed E-state index contributed by atoms with van der Waals surface area (Å²) in [5, 5.41) is 3.66. The Labute approximate surface area is 146 Å². The molecule has 0 fully saturated rings. The largest absolute Gasteiger partial charge is 0.464 e. The van der Waals surface area contributed by atoms with Crippen molar-refractivity contribution in [2.45, 2.75) is 33.2 Å². The fourth-order valence-electron chi connectivity index (χ4n) is 1.90. The Kier molecular flexibility index (Phi) is 8.13. The topological polar surface area (TPSA) is 55.4 Å². The Morgan fingerprint density at radius 2 is 2.00 bits per heavy atom. The molecule has 6 heteroatoms. The minimum absolute atomic E-state index is 0.0227. The summed E-state index contributed by atoms with van der Waals surface area (Å²) < 4.78 is 5.01. The van der Waals surface area contributed by atoms with Gasteiger partial charge in [0.25, 0.3) is 0 Å². The standard InChI is InChI=1S/C17H21Cl2NO3/c1-4-11(3)16(17(22)23-5-2)20-15(21)9-7-12-6-8-13(18)10-14(12)19/h6-11,16H,4-5H2,1-3H3,(H,20,21)/b9-7+/t11-,16-/m0/s1. The first kappa shape index (κ1) is 19.5. The third-order valence-electron chi connectivity index (χ3n) is 3.43. The highest BCUT2D eigenvalue weighted by Crippen LogP contribution is 2.22.